The van der Waals surface area contributed by atoms with Gasteiger partial charge in [0.15, 0.2) is 5.41 Å². The zero-order valence-corrected chi connectivity index (χ0v) is 14.5. The van der Waals surface area contributed by atoms with Crippen molar-refractivity contribution in [1.29, 1.82) is 0 Å². The highest BCUT2D eigenvalue weighted by Gasteiger charge is 2.62. The molecular formula is C18H18N2O6. The summed E-state index contributed by atoms with van der Waals surface area (Å²) >= 11 is 0. The monoisotopic (exact) mass is 358 g/mol. The summed E-state index contributed by atoms with van der Waals surface area (Å²) in [6.45, 7) is 3.20. The van der Waals surface area contributed by atoms with Crippen LogP contribution in [-0.2, 0) is 34.0 Å². The van der Waals surface area contributed by atoms with E-state index in [0.717, 1.165) is 7.11 Å². The van der Waals surface area contributed by atoms with Crippen molar-refractivity contribution in [3.8, 4) is 0 Å². The van der Waals surface area contributed by atoms with Crippen molar-refractivity contribution in [1.82, 2.24) is 0 Å². The summed E-state index contributed by atoms with van der Waals surface area (Å²) in [4.78, 5) is 38.3. The van der Waals surface area contributed by atoms with Crippen LogP contribution in [0.5, 0.6) is 0 Å². The molecule has 136 valence electrons. The van der Waals surface area contributed by atoms with Crippen LogP contribution in [-0.4, -0.2) is 31.6 Å². The van der Waals surface area contributed by atoms with E-state index >= 15 is 0 Å². The van der Waals surface area contributed by atoms with Crippen molar-refractivity contribution in [3.63, 3.8) is 0 Å². The van der Waals surface area contributed by atoms with Gasteiger partial charge in [0.05, 0.1) is 13.7 Å². The Balaban J connectivity index is 2.41. The van der Waals surface area contributed by atoms with Crippen molar-refractivity contribution in [2.75, 3.05) is 19.0 Å². The van der Waals surface area contributed by atoms with Gasteiger partial charge < -0.3 is 25.3 Å². The predicted octanol–water partition coefficient (Wildman–Crippen LogP) is 1.09. The number of cyclic esters (lactones) is 1. The Bertz CT molecular complexity index is 885. The molecule has 2 aliphatic rings. The van der Waals surface area contributed by atoms with Gasteiger partial charge in [0.25, 0.3) is 0 Å². The maximum absolute atomic E-state index is 13.0. The molecule has 0 saturated heterocycles. The molecule has 1 aromatic rings. The van der Waals surface area contributed by atoms with Crippen LogP contribution in [0.3, 0.4) is 0 Å². The molecule has 26 heavy (non-hydrogen) atoms. The molecule has 8 heteroatoms. The van der Waals surface area contributed by atoms with E-state index in [1.165, 1.54) is 6.92 Å². The summed E-state index contributed by atoms with van der Waals surface area (Å²) in [7, 11) is 1.16. The molecule has 0 fully saturated rings. The Morgan fingerprint density at radius 3 is 2.58 bits per heavy atom. The number of para-hydroxylation sites is 1. The van der Waals surface area contributed by atoms with E-state index in [0.29, 0.717) is 11.3 Å². The lowest BCUT2D eigenvalue weighted by atomic mass is 9.67. The molecule has 0 unspecified atom stereocenters. The first kappa shape index (κ1) is 17.5. The molecular weight excluding hydrogens is 340 g/mol. The fourth-order valence-corrected chi connectivity index (χ4v) is 3.43. The number of hydrogen-bond donors (Lipinski definition) is 2. The molecule has 0 radical (unpaired) electrons. The molecule has 1 spiro atoms. The Labute approximate surface area is 149 Å². The van der Waals surface area contributed by atoms with Crippen LogP contribution in [0, 0.1) is 0 Å². The first-order valence-corrected chi connectivity index (χ1v) is 7.95. The summed E-state index contributed by atoms with van der Waals surface area (Å²) in [6, 6.07) is 6.72. The van der Waals surface area contributed by atoms with Gasteiger partial charge in [-0.25, -0.2) is 14.4 Å². The highest BCUT2D eigenvalue weighted by molar-refractivity contribution is 6.15. The van der Waals surface area contributed by atoms with Gasteiger partial charge in [0.2, 0.25) is 0 Å². The molecule has 2 heterocycles. The molecule has 1 aromatic carbocycles. The van der Waals surface area contributed by atoms with Gasteiger partial charge in [-0.15, -0.1) is 0 Å². The van der Waals surface area contributed by atoms with E-state index < -0.39 is 23.3 Å². The minimum atomic E-state index is -1.85. The molecule has 2 aliphatic heterocycles. The number of rotatable bonds is 3. The second-order valence-corrected chi connectivity index (χ2v) is 5.74. The maximum atomic E-state index is 13.0. The third-order valence-corrected chi connectivity index (χ3v) is 4.39. The Hall–Kier alpha value is -3.29. The van der Waals surface area contributed by atoms with Crippen LogP contribution in [0.15, 0.2) is 47.0 Å². The number of esters is 3. The number of nitrogens with one attached hydrogen (secondary N) is 1. The van der Waals surface area contributed by atoms with Gasteiger partial charge in [-0.1, -0.05) is 18.2 Å². The Morgan fingerprint density at radius 2 is 1.92 bits per heavy atom. The topological polar surface area (TPSA) is 117 Å². The quantitative estimate of drug-likeness (QED) is 0.609. The largest absolute Gasteiger partial charge is 0.466 e. The summed E-state index contributed by atoms with van der Waals surface area (Å²) in [6.07, 6.45) is 0. The van der Waals surface area contributed by atoms with Crippen LogP contribution in [0.25, 0.3) is 0 Å². The average molecular weight is 358 g/mol. The number of hydrogen-bond acceptors (Lipinski definition) is 8. The van der Waals surface area contributed by atoms with Crippen LogP contribution in [0.4, 0.5) is 5.69 Å². The molecule has 8 nitrogen and oxygen atoms in total. The number of allylic oxidation sites excluding steroid dienone is 1. The molecule has 3 N–H and O–H groups in total. The van der Waals surface area contributed by atoms with E-state index in [4.69, 9.17) is 19.9 Å². The molecule has 0 aliphatic carbocycles. The van der Waals surface area contributed by atoms with Crippen LogP contribution in [0.2, 0.25) is 0 Å². The van der Waals surface area contributed by atoms with E-state index in [9.17, 15) is 14.4 Å². The predicted molar refractivity (Wildman–Crippen MR) is 90.4 cm³/mol. The number of carbonyl (C=O) groups is 3. The minimum absolute atomic E-state index is 0.0550. The standard InChI is InChI=1S/C18H18N2O6/c1-4-25-16(22)12-9(2)26-17(23)18(12)10-7-5-6-8-11(10)20-14(19)13(18)15(21)24-3/h5-8,20H,4,19H2,1-3H3/t18-/m0/s1. The number of methoxy groups -OCH3 is 1. The summed E-state index contributed by atoms with van der Waals surface area (Å²) in [5.74, 6) is -2.46. The highest BCUT2D eigenvalue weighted by Crippen LogP contribution is 2.52. The Kier molecular flexibility index (Phi) is 4.19. The maximum Gasteiger partial charge on any atom is 0.339 e. The number of benzene rings is 1. The Morgan fingerprint density at radius 1 is 1.23 bits per heavy atom. The zero-order valence-electron chi connectivity index (χ0n) is 14.5. The number of nitrogens with two attached hydrogens (primary N) is 1. The minimum Gasteiger partial charge on any atom is -0.466 e. The van der Waals surface area contributed by atoms with Crippen LogP contribution < -0.4 is 11.1 Å². The first-order chi connectivity index (χ1) is 12.4. The smallest absolute Gasteiger partial charge is 0.339 e. The van der Waals surface area contributed by atoms with E-state index in [1.807, 2.05) is 0 Å². The summed E-state index contributed by atoms with van der Waals surface area (Å²) in [5.41, 5.74) is 4.75. The molecule has 1 atom stereocenters. The summed E-state index contributed by atoms with van der Waals surface area (Å²) in [5, 5.41) is 2.88. The summed E-state index contributed by atoms with van der Waals surface area (Å²) < 4.78 is 15.2. The fourth-order valence-electron chi connectivity index (χ4n) is 3.43. The number of anilines is 1. The lowest BCUT2D eigenvalue weighted by Gasteiger charge is -2.35. The first-order valence-electron chi connectivity index (χ1n) is 7.95. The molecule has 3 rings (SSSR count). The van der Waals surface area contributed by atoms with Gasteiger partial charge in [-0.05, 0) is 19.9 Å². The van der Waals surface area contributed by atoms with Crippen LogP contribution in [0.1, 0.15) is 19.4 Å². The normalized spacial score (nSPS) is 21.3. The second-order valence-electron chi connectivity index (χ2n) is 5.74. The molecule has 0 aromatic heterocycles. The van der Waals surface area contributed by atoms with Crippen molar-refractivity contribution in [2.24, 2.45) is 5.73 Å². The van der Waals surface area contributed by atoms with Crippen molar-refractivity contribution >= 4 is 23.6 Å². The number of fused-ring (bicyclic) bond motifs is 2. The van der Waals surface area contributed by atoms with Gasteiger partial charge in [0, 0.05) is 11.3 Å². The average Bonchev–Trinajstić information content (AvgIpc) is 2.85. The highest BCUT2D eigenvalue weighted by atomic mass is 16.6. The SMILES string of the molecule is CCOC(=O)C1=C(C)OC(=O)[C@]12C(C(=O)OC)=C(N)Nc1ccccc12. The van der Waals surface area contributed by atoms with Gasteiger partial charge in [0.1, 0.15) is 22.7 Å². The third kappa shape index (κ3) is 2.18. The molecule has 0 amide bonds. The molecule has 0 saturated carbocycles. The van der Waals surface area contributed by atoms with Gasteiger partial charge >= 0.3 is 17.9 Å². The lowest BCUT2D eigenvalue weighted by Crippen LogP contribution is -2.47. The van der Waals surface area contributed by atoms with Crippen LogP contribution >= 0.6 is 0 Å². The van der Waals surface area contributed by atoms with Gasteiger partial charge in [-0.3, -0.25) is 0 Å². The second kappa shape index (κ2) is 6.21. The lowest BCUT2D eigenvalue weighted by molar-refractivity contribution is -0.146. The number of ether oxygens (including phenoxy) is 3. The number of carbonyl (C=O) groups excluding carboxylic acids is 3. The van der Waals surface area contributed by atoms with Crippen molar-refractivity contribution in [2.45, 2.75) is 19.3 Å². The fraction of sp³-hybridized carbons (Fsp3) is 0.278. The van der Waals surface area contributed by atoms with Crippen molar-refractivity contribution in [3.05, 3.63) is 52.6 Å². The third-order valence-electron chi connectivity index (χ3n) is 4.39. The van der Waals surface area contributed by atoms with E-state index in [1.54, 1.807) is 31.2 Å². The van der Waals surface area contributed by atoms with E-state index in [-0.39, 0.29) is 29.3 Å². The molecule has 0 bridgehead atoms. The van der Waals surface area contributed by atoms with Gasteiger partial charge in [-0.2, -0.15) is 0 Å². The van der Waals surface area contributed by atoms with E-state index in [2.05, 4.69) is 5.32 Å². The zero-order chi connectivity index (χ0) is 19.1. The van der Waals surface area contributed by atoms with Crippen molar-refractivity contribution < 1.29 is 28.6 Å².